The monoisotopic (exact) mass is 330 g/mol. The highest BCUT2D eigenvalue weighted by atomic mass is 16.7. The predicted octanol–water partition coefficient (Wildman–Crippen LogP) is 3.60. The summed E-state index contributed by atoms with van der Waals surface area (Å²) < 4.78 is 21.2. The first-order valence-corrected chi connectivity index (χ1v) is 7.70. The van der Waals surface area contributed by atoms with Gasteiger partial charge in [0.2, 0.25) is 0 Å². The second-order valence-corrected chi connectivity index (χ2v) is 5.38. The molecule has 0 heterocycles. The molecule has 2 rings (SSSR count). The fourth-order valence-corrected chi connectivity index (χ4v) is 1.90. The number of carbonyl (C=O) groups excluding carboxylic acids is 1. The molecular weight excluding hydrogens is 308 g/mol. The maximum Gasteiger partial charge on any atom is 0.338 e. The van der Waals surface area contributed by atoms with E-state index in [1.54, 1.807) is 31.4 Å². The van der Waals surface area contributed by atoms with Gasteiger partial charge >= 0.3 is 5.97 Å². The van der Waals surface area contributed by atoms with E-state index >= 15 is 0 Å². The van der Waals surface area contributed by atoms with E-state index in [0.29, 0.717) is 11.3 Å². The minimum absolute atomic E-state index is 0.0789. The van der Waals surface area contributed by atoms with Gasteiger partial charge in [-0.3, -0.25) is 0 Å². The second kappa shape index (κ2) is 8.93. The van der Waals surface area contributed by atoms with Gasteiger partial charge in [-0.05, 0) is 50.2 Å². The standard InChI is InChI=1S/C19H22O5/c1-14-4-6-16(7-5-14)19(20)22-12-15(2)23-13-24-18-10-8-17(21-3)9-11-18/h4-11,15H,12-13H2,1-3H3. The molecule has 0 fully saturated rings. The molecule has 0 aliphatic heterocycles. The van der Waals surface area contributed by atoms with Crippen LogP contribution in [0.5, 0.6) is 11.5 Å². The molecule has 5 nitrogen and oxygen atoms in total. The van der Waals surface area contributed by atoms with Gasteiger partial charge in [-0.1, -0.05) is 17.7 Å². The lowest BCUT2D eigenvalue weighted by molar-refractivity contribution is -0.0543. The van der Waals surface area contributed by atoms with E-state index in [-0.39, 0.29) is 25.5 Å². The van der Waals surface area contributed by atoms with Gasteiger partial charge < -0.3 is 18.9 Å². The number of methoxy groups -OCH3 is 1. The molecule has 24 heavy (non-hydrogen) atoms. The fourth-order valence-electron chi connectivity index (χ4n) is 1.90. The smallest absolute Gasteiger partial charge is 0.338 e. The predicted molar refractivity (Wildman–Crippen MR) is 90.5 cm³/mol. The Labute approximate surface area is 142 Å². The van der Waals surface area contributed by atoms with Crippen molar-refractivity contribution in [3.05, 3.63) is 59.7 Å². The molecule has 0 bridgehead atoms. The summed E-state index contributed by atoms with van der Waals surface area (Å²) in [5.41, 5.74) is 1.63. The Morgan fingerprint density at radius 1 is 1.00 bits per heavy atom. The van der Waals surface area contributed by atoms with Crippen LogP contribution in [0.2, 0.25) is 0 Å². The summed E-state index contributed by atoms with van der Waals surface area (Å²) in [6.45, 7) is 4.03. The summed E-state index contributed by atoms with van der Waals surface area (Å²) in [5.74, 6) is 1.08. The Kier molecular flexibility index (Phi) is 6.63. The molecule has 128 valence electrons. The van der Waals surface area contributed by atoms with Crippen LogP contribution in [0.1, 0.15) is 22.8 Å². The van der Waals surface area contributed by atoms with Crippen molar-refractivity contribution in [2.75, 3.05) is 20.5 Å². The number of carbonyl (C=O) groups is 1. The van der Waals surface area contributed by atoms with Gasteiger partial charge in [0.1, 0.15) is 18.1 Å². The lowest BCUT2D eigenvalue weighted by Crippen LogP contribution is -2.21. The minimum atomic E-state index is -0.360. The second-order valence-electron chi connectivity index (χ2n) is 5.38. The van der Waals surface area contributed by atoms with Gasteiger partial charge in [-0.15, -0.1) is 0 Å². The molecule has 0 saturated heterocycles. The zero-order valence-electron chi connectivity index (χ0n) is 14.2. The van der Waals surface area contributed by atoms with Crippen molar-refractivity contribution in [2.45, 2.75) is 20.0 Å². The molecule has 5 heteroatoms. The lowest BCUT2D eigenvalue weighted by Gasteiger charge is -2.14. The summed E-state index contributed by atoms with van der Waals surface area (Å²) in [7, 11) is 1.61. The van der Waals surface area contributed by atoms with Crippen molar-refractivity contribution in [1.82, 2.24) is 0 Å². The van der Waals surface area contributed by atoms with Crippen LogP contribution in [0.25, 0.3) is 0 Å². The Bertz CT molecular complexity index is 634. The molecule has 0 N–H and O–H groups in total. The highest BCUT2D eigenvalue weighted by Crippen LogP contribution is 2.17. The Hall–Kier alpha value is -2.53. The van der Waals surface area contributed by atoms with E-state index in [4.69, 9.17) is 18.9 Å². The lowest BCUT2D eigenvalue weighted by atomic mass is 10.1. The normalized spacial score (nSPS) is 11.6. The molecule has 1 unspecified atom stereocenters. The number of aryl methyl sites for hydroxylation is 1. The molecule has 0 spiro atoms. The SMILES string of the molecule is COc1ccc(OCOC(C)COC(=O)c2ccc(C)cc2)cc1. The van der Waals surface area contributed by atoms with Crippen molar-refractivity contribution in [3.8, 4) is 11.5 Å². The Morgan fingerprint density at radius 3 is 2.25 bits per heavy atom. The van der Waals surface area contributed by atoms with E-state index in [0.717, 1.165) is 11.3 Å². The zero-order chi connectivity index (χ0) is 17.4. The maximum absolute atomic E-state index is 11.9. The van der Waals surface area contributed by atoms with E-state index in [1.165, 1.54) is 0 Å². The van der Waals surface area contributed by atoms with Crippen LogP contribution in [-0.2, 0) is 9.47 Å². The molecule has 0 aliphatic carbocycles. The Morgan fingerprint density at radius 2 is 1.62 bits per heavy atom. The number of benzene rings is 2. The zero-order valence-corrected chi connectivity index (χ0v) is 14.2. The van der Waals surface area contributed by atoms with Crippen LogP contribution < -0.4 is 9.47 Å². The summed E-state index contributed by atoms with van der Waals surface area (Å²) >= 11 is 0. The van der Waals surface area contributed by atoms with Crippen LogP contribution in [-0.4, -0.2) is 32.6 Å². The van der Waals surface area contributed by atoms with Gasteiger partial charge in [0.05, 0.1) is 18.8 Å². The van der Waals surface area contributed by atoms with Crippen molar-refractivity contribution in [3.63, 3.8) is 0 Å². The summed E-state index contributed by atoms with van der Waals surface area (Å²) in [5, 5.41) is 0. The van der Waals surface area contributed by atoms with E-state index < -0.39 is 0 Å². The first-order chi connectivity index (χ1) is 11.6. The summed E-state index contributed by atoms with van der Waals surface area (Å²) in [4.78, 5) is 11.9. The van der Waals surface area contributed by atoms with Crippen LogP contribution >= 0.6 is 0 Å². The third-order valence-corrected chi connectivity index (χ3v) is 3.37. The van der Waals surface area contributed by atoms with Gasteiger partial charge in [-0.2, -0.15) is 0 Å². The molecule has 1 atom stereocenters. The van der Waals surface area contributed by atoms with E-state index in [2.05, 4.69) is 0 Å². The number of rotatable bonds is 8. The third kappa shape index (κ3) is 5.59. The molecule has 0 radical (unpaired) electrons. The largest absolute Gasteiger partial charge is 0.497 e. The van der Waals surface area contributed by atoms with Crippen LogP contribution in [0, 0.1) is 6.92 Å². The highest BCUT2D eigenvalue weighted by molar-refractivity contribution is 5.89. The van der Waals surface area contributed by atoms with Gasteiger partial charge in [0, 0.05) is 0 Å². The molecule has 0 aromatic heterocycles. The molecule has 0 saturated carbocycles. The average Bonchev–Trinajstić information content (AvgIpc) is 2.61. The van der Waals surface area contributed by atoms with E-state index in [1.807, 2.05) is 38.1 Å². The van der Waals surface area contributed by atoms with Crippen molar-refractivity contribution >= 4 is 5.97 Å². The highest BCUT2D eigenvalue weighted by Gasteiger charge is 2.10. The maximum atomic E-state index is 11.9. The molecular formula is C19H22O5. The molecule has 0 amide bonds. The van der Waals surface area contributed by atoms with E-state index in [9.17, 15) is 4.79 Å². The van der Waals surface area contributed by atoms with Crippen molar-refractivity contribution in [2.24, 2.45) is 0 Å². The van der Waals surface area contributed by atoms with Gasteiger partial charge in [0.15, 0.2) is 6.79 Å². The Balaban J connectivity index is 1.68. The van der Waals surface area contributed by atoms with Crippen LogP contribution in [0.3, 0.4) is 0 Å². The van der Waals surface area contributed by atoms with Crippen molar-refractivity contribution in [1.29, 1.82) is 0 Å². The number of esters is 1. The first-order valence-electron chi connectivity index (χ1n) is 7.70. The molecule has 2 aromatic rings. The number of ether oxygens (including phenoxy) is 4. The average molecular weight is 330 g/mol. The third-order valence-electron chi connectivity index (χ3n) is 3.37. The number of hydrogen-bond donors (Lipinski definition) is 0. The van der Waals surface area contributed by atoms with Crippen LogP contribution in [0.15, 0.2) is 48.5 Å². The molecule has 2 aromatic carbocycles. The van der Waals surface area contributed by atoms with Crippen molar-refractivity contribution < 1.29 is 23.7 Å². The fraction of sp³-hybridized carbons (Fsp3) is 0.316. The number of hydrogen-bond acceptors (Lipinski definition) is 5. The summed E-state index contributed by atoms with van der Waals surface area (Å²) in [6.07, 6.45) is -0.266. The topological polar surface area (TPSA) is 54.0 Å². The molecule has 0 aliphatic rings. The minimum Gasteiger partial charge on any atom is -0.497 e. The summed E-state index contributed by atoms with van der Waals surface area (Å²) in [6, 6.07) is 14.4. The van der Waals surface area contributed by atoms with Gasteiger partial charge in [-0.25, -0.2) is 4.79 Å². The van der Waals surface area contributed by atoms with Gasteiger partial charge in [0.25, 0.3) is 0 Å². The first kappa shape index (κ1) is 17.8. The quantitative estimate of drug-likeness (QED) is 0.547. The van der Waals surface area contributed by atoms with Crippen LogP contribution in [0.4, 0.5) is 0 Å².